The van der Waals surface area contributed by atoms with Crippen LogP contribution in [0.1, 0.15) is 57.4 Å². The summed E-state index contributed by atoms with van der Waals surface area (Å²) in [7, 11) is 0. The first kappa shape index (κ1) is 22.1. The Labute approximate surface area is 181 Å². The van der Waals surface area contributed by atoms with Crippen molar-refractivity contribution in [3.63, 3.8) is 0 Å². The van der Waals surface area contributed by atoms with Crippen LogP contribution in [0.15, 0.2) is 64.3 Å². The van der Waals surface area contributed by atoms with Gasteiger partial charge in [0, 0.05) is 25.5 Å². The van der Waals surface area contributed by atoms with Gasteiger partial charge in [0.2, 0.25) is 5.43 Å². The summed E-state index contributed by atoms with van der Waals surface area (Å²) in [5, 5.41) is 5.53. The van der Waals surface area contributed by atoms with Crippen molar-refractivity contribution in [1.29, 1.82) is 0 Å². The Bertz CT molecular complexity index is 1100. The summed E-state index contributed by atoms with van der Waals surface area (Å²) in [5.41, 5.74) is 1.27. The Kier molecular flexibility index (Phi) is 7.43. The SMILES string of the molecule is CCCCNC(=O)c1cn(Cc2ccco2)cc(C(=O)NCc2cccc(C)c2)c1=O. The molecule has 31 heavy (non-hydrogen) atoms. The highest BCUT2D eigenvalue weighted by molar-refractivity contribution is 5.99. The number of hydrogen-bond acceptors (Lipinski definition) is 4. The van der Waals surface area contributed by atoms with Gasteiger partial charge in [-0.2, -0.15) is 0 Å². The van der Waals surface area contributed by atoms with Crippen LogP contribution in [0.25, 0.3) is 0 Å². The number of aryl methyl sites for hydroxylation is 1. The Hall–Kier alpha value is -3.61. The van der Waals surface area contributed by atoms with Gasteiger partial charge in [0.15, 0.2) is 0 Å². The second-order valence-electron chi connectivity index (χ2n) is 7.45. The number of carbonyl (C=O) groups is 2. The number of hydrogen-bond donors (Lipinski definition) is 2. The predicted molar refractivity (Wildman–Crippen MR) is 118 cm³/mol. The number of pyridine rings is 1. The largest absolute Gasteiger partial charge is 0.467 e. The van der Waals surface area contributed by atoms with Crippen molar-refractivity contribution in [3.05, 3.63) is 93.3 Å². The van der Waals surface area contributed by atoms with Crippen molar-refractivity contribution in [2.24, 2.45) is 0 Å². The van der Waals surface area contributed by atoms with E-state index in [1.54, 1.807) is 23.0 Å². The highest BCUT2D eigenvalue weighted by Crippen LogP contribution is 2.08. The molecular formula is C24H27N3O4. The molecule has 162 valence electrons. The van der Waals surface area contributed by atoms with Crippen LogP contribution in [-0.2, 0) is 13.1 Å². The molecule has 2 aromatic heterocycles. The average Bonchev–Trinajstić information content (AvgIpc) is 3.26. The summed E-state index contributed by atoms with van der Waals surface area (Å²) in [5.74, 6) is -0.366. The standard InChI is InChI=1S/C24H27N3O4/c1-3-4-10-25-23(29)20-15-27(14-19-9-6-11-31-19)16-21(22(20)28)24(30)26-13-18-8-5-7-17(2)12-18/h5-9,11-12,15-16H,3-4,10,13-14H2,1-2H3,(H,25,29)(H,26,30). The lowest BCUT2D eigenvalue weighted by molar-refractivity contribution is 0.0948. The molecule has 3 rings (SSSR count). The second kappa shape index (κ2) is 10.4. The van der Waals surface area contributed by atoms with Crippen LogP contribution in [0.3, 0.4) is 0 Å². The molecular weight excluding hydrogens is 394 g/mol. The summed E-state index contributed by atoms with van der Waals surface area (Å²) in [6.45, 7) is 5.03. The van der Waals surface area contributed by atoms with Crippen LogP contribution in [0, 0.1) is 6.92 Å². The zero-order valence-electron chi connectivity index (χ0n) is 17.8. The quantitative estimate of drug-likeness (QED) is 0.519. The molecule has 0 fully saturated rings. The van der Waals surface area contributed by atoms with Crippen LogP contribution in [0.4, 0.5) is 0 Å². The fourth-order valence-corrected chi connectivity index (χ4v) is 3.20. The molecule has 0 spiro atoms. The van der Waals surface area contributed by atoms with Gasteiger partial charge >= 0.3 is 0 Å². The molecule has 0 radical (unpaired) electrons. The van der Waals surface area contributed by atoms with Gasteiger partial charge in [0.05, 0.1) is 12.8 Å². The maximum Gasteiger partial charge on any atom is 0.257 e. The Morgan fingerprint density at radius 1 is 1.03 bits per heavy atom. The first-order valence-electron chi connectivity index (χ1n) is 10.4. The smallest absolute Gasteiger partial charge is 0.257 e. The van der Waals surface area contributed by atoms with Gasteiger partial charge in [-0.3, -0.25) is 14.4 Å². The number of furan rings is 1. The molecule has 0 atom stereocenters. The summed E-state index contributed by atoms with van der Waals surface area (Å²) in [6.07, 6.45) is 6.20. The molecule has 0 unspecified atom stereocenters. The van der Waals surface area contributed by atoms with Gasteiger partial charge in [-0.05, 0) is 31.0 Å². The van der Waals surface area contributed by atoms with Crippen LogP contribution < -0.4 is 16.1 Å². The van der Waals surface area contributed by atoms with E-state index in [1.807, 2.05) is 38.1 Å². The predicted octanol–water partition coefficient (Wildman–Crippen LogP) is 3.26. The molecule has 0 saturated heterocycles. The van der Waals surface area contributed by atoms with Crippen molar-refractivity contribution in [1.82, 2.24) is 15.2 Å². The number of nitrogens with zero attached hydrogens (tertiary/aromatic N) is 1. The van der Waals surface area contributed by atoms with Gasteiger partial charge < -0.3 is 19.6 Å². The molecule has 0 aliphatic rings. The third-order valence-corrected chi connectivity index (χ3v) is 4.84. The van der Waals surface area contributed by atoms with E-state index in [1.165, 1.54) is 12.4 Å². The molecule has 1 aromatic carbocycles. The number of unbranched alkanes of at least 4 members (excludes halogenated alkanes) is 1. The van der Waals surface area contributed by atoms with E-state index in [0.717, 1.165) is 24.0 Å². The molecule has 0 aliphatic carbocycles. The maximum atomic E-state index is 12.9. The fourth-order valence-electron chi connectivity index (χ4n) is 3.20. The van der Waals surface area contributed by atoms with E-state index in [2.05, 4.69) is 10.6 Å². The molecule has 7 nitrogen and oxygen atoms in total. The first-order chi connectivity index (χ1) is 15.0. The minimum atomic E-state index is -0.591. The lowest BCUT2D eigenvalue weighted by atomic mass is 10.1. The van der Waals surface area contributed by atoms with E-state index in [0.29, 0.717) is 18.8 Å². The minimum Gasteiger partial charge on any atom is -0.467 e. The molecule has 2 N–H and O–H groups in total. The molecule has 0 saturated carbocycles. The number of benzene rings is 1. The zero-order valence-corrected chi connectivity index (χ0v) is 17.8. The molecule has 0 bridgehead atoms. The third kappa shape index (κ3) is 5.94. The van der Waals surface area contributed by atoms with Gasteiger partial charge in [-0.1, -0.05) is 43.2 Å². The van der Waals surface area contributed by atoms with Gasteiger partial charge in [0.1, 0.15) is 16.9 Å². The Morgan fingerprint density at radius 3 is 2.42 bits per heavy atom. The number of amides is 2. The normalized spacial score (nSPS) is 10.6. The lowest BCUT2D eigenvalue weighted by Gasteiger charge is -2.12. The van der Waals surface area contributed by atoms with Crippen LogP contribution in [0.5, 0.6) is 0 Å². The topological polar surface area (TPSA) is 93.3 Å². The summed E-state index contributed by atoms with van der Waals surface area (Å²) < 4.78 is 6.99. The van der Waals surface area contributed by atoms with Gasteiger partial charge in [-0.25, -0.2) is 0 Å². The highest BCUT2D eigenvalue weighted by atomic mass is 16.3. The van der Waals surface area contributed by atoms with Crippen LogP contribution >= 0.6 is 0 Å². The molecule has 7 heteroatoms. The summed E-state index contributed by atoms with van der Waals surface area (Å²) in [6, 6.07) is 11.3. The van der Waals surface area contributed by atoms with E-state index in [9.17, 15) is 14.4 Å². The van der Waals surface area contributed by atoms with Crippen molar-refractivity contribution in [2.45, 2.75) is 39.8 Å². The average molecular weight is 421 g/mol. The van der Waals surface area contributed by atoms with Crippen LogP contribution in [0.2, 0.25) is 0 Å². The molecule has 3 aromatic rings. The maximum absolute atomic E-state index is 12.9. The Morgan fingerprint density at radius 2 is 1.77 bits per heavy atom. The van der Waals surface area contributed by atoms with Crippen molar-refractivity contribution in [2.75, 3.05) is 6.54 Å². The van der Waals surface area contributed by atoms with E-state index in [4.69, 9.17) is 4.42 Å². The van der Waals surface area contributed by atoms with Crippen molar-refractivity contribution in [3.8, 4) is 0 Å². The molecule has 2 amide bonds. The number of nitrogens with one attached hydrogen (secondary N) is 2. The summed E-state index contributed by atoms with van der Waals surface area (Å²) >= 11 is 0. The van der Waals surface area contributed by atoms with Gasteiger partial charge in [-0.15, -0.1) is 0 Å². The van der Waals surface area contributed by atoms with Crippen molar-refractivity contribution < 1.29 is 14.0 Å². The second-order valence-corrected chi connectivity index (χ2v) is 7.45. The first-order valence-corrected chi connectivity index (χ1v) is 10.4. The van der Waals surface area contributed by atoms with Gasteiger partial charge in [0.25, 0.3) is 11.8 Å². The van der Waals surface area contributed by atoms with E-state index < -0.39 is 17.2 Å². The third-order valence-electron chi connectivity index (χ3n) is 4.84. The molecule has 2 heterocycles. The monoisotopic (exact) mass is 421 g/mol. The zero-order chi connectivity index (χ0) is 22.2. The number of carbonyl (C=O) groups excluding carboxylic acids is 2. The fraction of sp³-hybridized carbons (Fsp3) is 0.292. The van der Waals surface area contributed by atoms with E-state index in [-0.39, 0.29) is 17.7 Å². The number of rotatable bonds is 9. The lowest BCUT2D eigenvalue weighted by Crippen LogP contribution is -2.35. The van der Waals surface area contributed by atoms with E-state index >= 15 is 0 Å². The number of aromatic nitrogens is 1. The van der Waals surface area contributed by atoms with Crippen LogP contribution in [-0.4, -0.2) is 22.9 Å². The van der Waals surface area contributed by atoms with Crippen molar-refractivity contribution >= 4 is 11.8 Å². The minimum absolute atomic E-state index is 0.0640. The summed E-state index contributed by atoms with van der Waals surface area (Å²) in [4.78, 5) is 38.4. The molecule has 0 aliphatic heterocycles. The highest BCUT2D eigenvalue weighted by Gasteiger charge is 2.19. The Balaban J connectivity index is 1.87.